The van der Waals surface area contributed by atoms with E-state index in [-0.39, 0.29) is 0 Å². The summed E-state index contributed by atoms with van der Waals surface area (Å²) < 4.78 is 15.5. The number of ether oxygens (including phenoxy) is 3. The van der Waals surface area contributed by atoms with Gasteiger partial charge in [-0.25, -0.2) is 0 Å². The van der Waals surface area contributed by atoms with Crippen LogP contribution in [0.2, 0.25) is 5.02 Å². The molecule has 1 aromatic rings. The number of benzene rings is 1. The van der Waals surface area contributed by atoms with Gasteiger partial charge in [0.05, 0.1) is 25.3 Å². The normalized spacial score (nSPS) is 11.8. The molecule has 0 radical (unpaired) electrons. The molecule has 0 saturated carbocycles. The van der Waals surface area contributed by atoms with Crippen molar-refractivity contribution in [3.05, 3.63) is 22.7 Å². The first-order chi connectivity index (χ1) is 9.53. The summed E-state index contributed by atoms with van der Waals surface area (Å²) in [5, 5.41) is 0.428. The molecule has 0 aliphatic carbocycles. The molecule has 20 heavy (non-hydrogen) atoms. The first-order valence-corrected chi connectivity index (χ1v) is 6.82. The Bertz CT molecular complexity index is 465. The van der Waals surface area contributed by atoms with Gasteiger partial charge in [0.15, 0.2) is 11.5 Å². The highest BCUT2D eigenvalue weighted by Gasteiger charge is 2.18. The first kappa shape index (κ1) is 16.6. The second-order valence-electron chi connectivity index (χ2n) is 4.10. The molecule has 6 heteroatoms. The van der Waals surface area contributed by atoms with Crippen LogP contribution in [0, 0.1) is 0 Å². The summed E-state index contributed by atoms with van der Waals surface area (Å²) in [5.41, 5.74) is 6.57. The average molecular weight is 302 g/mol. The van der Waals surface area contributed by atoms with Gasteiger partial charge in [0.1, 0.15) is 6.04 Å². The number of carbonyl (C=O) groups is 1. The molecule has 112 valence electrons. The number of rotatable bonds is 7. The fourth-order valence-corrected chi connectivity index (χ4v) is 2.05. The third-order valence-corrected chi connectivity index (χ3v) is 2.90. The Kier molecular flexibility index (Phi) is 6.61. The highest BCUT2D eigenvalue weighted by Crippen LogP contribution is 2.36. The van der Waals surface area contributed by atoms with E-state index in [1.807, 2.05) is 6.92 Å². The van der Waals surface area contributed by atoms with Crippen molar-refractivity contribution in [2.24, 2.45) is 5.73 Å². The lowest BCUT2D eigenvalue weighted by molar-refractivity contribution is -0.144. The standard InChI is InChI=1S/C14H20ClNO4/c1-4-19-13-10(15)6-9(8-12(13)18-3)7-11(16)14(17)20-5-2/h6,8,11H,4-5,7,16H2,1-3H3. The molecule has 0 aliphatic heterocycles. The lowest BCUT2D eigenvalue weighted by Crippen LogP contribution is -2.34. The molecule has 0 spiro atoms. The Hall–Kier alpha value is -1.46. The Morgan fingerprint density at radius 3 is 2.60 bits per heavy atom. The quantitative estimate of drug-likeness (QED) is 0.782. The fourth-order valence-electron chi connectivity index (χ4n) is 1.76. The Balaban J connectivity index is 2.92. The molecule has 0 aliphatic rings. The Morgan fingerprint density at radius 2 is 2.05 bits per heavy atom. The lowest BCUT2D eigenvalue weighted by atomic mass is 10.1. The van der Waals surface area contributed by atoms with Gasteiger partial charge in [-0.15, -0.1) is 0 Å². The number of nitrogens with two attached hydrogens (primary N) is 1. The molecule has 1 aromatic carbocycles. The van der Waals surface area contributed by atoms with Gasteiger partial charge in [0.25, 0.3) is 0 Å². The molecule has 0 aromatic heterocycles. The summed E-state index contributed by atoms with van der Waals surface area (Å²) in [6.07, 6.45) is 0.321. The third-order valence-electron chi connectivity index (χ3n) is 2.62. The topological polar surface area (TPSA) is 70.8 Å². The van der Waals surface area contributed by atoms with Gasteiger partial charge in [-0.3, -0.25) is 4.79 Å². The smallest absolute Gasteiger partial charge is 0.323 e. The highest BCUT2D eigenvalue weighted by molar-refractivity contribution is 6.32. The van der Waals surface area contributed by atoms with Gasteiger partial charge in [0.2, 0.25) is 0 Å². The van der Waals surface area contributed by atoms with Crippen molar-refractivity contribution in [2.45, 2.75) is 26.3 Å². The summed E-state index contributed by atoms with van der Waals surface area (Å²) in [4.78, 5) is 11.5. The highest BCUT2D eigenvalue weighted by atomic mass is 35.5. The van der Waals surface area contributed by atoms with Crippen LogP contribution in [0.5, 0.6) is 11.5 Å². The van der Waals surface area contributed by atoms with Crippen molar-refractivity contribution in [3.63, 3.8) is 0 Å². The Labute approximate surface area is 123 Å². The molecule has 1 atom stereocenters. The van der Waals surface area contributed by atoms with E-state index < -0.39 is 12.0 Å². The van der Waals surface area contributed by atoms with Crippen molar-refractivity contribution >= 4 is 17.6 Å². The zero-order valence-electron chi connectivity index (χ0n) is 11.9. The van der Waals surface area contributed by atoms with Crippen LogP contribution in [0.25, 0.3) is 0 Å². The molecule has 1 unspecified atom stereocenters. The number of methoxy groups -OCH3 is 1. The zero-order chi connectivity index (χ0) is 15.1. The van der Waals surface area contributed by atoms with Crippen LogP contribution in [0.3, 0.4) is 0 Å². The van der Waals surface area contributed by atoms with E-state index in [1.165, 1.54) is 7.11 Å². The predicted octanol–water partition coefficient (Wildman–Crippen LogP) is 2.18. The molecule has 0 amide bonds. The van der Waals surface area contributed by atoms with E-state index in [4.69, 9.17) is 31.5 Å². The molecule has 0 bridgehead atoms. The van der Waals surface area contributed by atoms with E-state index in [9.17, 15) is 4.79 Å². The van der Waals surface area contributed by atoms with Crippen LogP contribution in [-0.2, 0) is 16.0 Å². The SMILES string of the molecule is CCOC(=O)C(N)Cc1cc(Cl)c(OCC)c(OC)c1. The zero-order valence-corrected chi connectivity index (χ0v) is 12.7. The van der Waals surface area contributed by atoms with Crippen LogP contribution >= 0.6 is 11.6 Å². The maximum atomic E-state index is 11.5. The van der Waals surface area contributed by atoms with Crippen molar-refractivity contribution < 1.29 is 19.0 Å². The summed E-state index contributed by atoms with van der Waals surface area (Å²) >= 11 is 6.15. The van der Waals surface area contributed by atoms with Crippen LogP contribution < -0.4 is 15.2 Å². The van der Waals surface area contributed by atoms with Gasteiger partial charge in [-0.2, -0.15) is 0 Å². The summed E-state index contributed by atoms with van der Waals surface area (Å²) in [6, 6.07) is 2.75. The fraction of sp³-hybridized carbons (Fsp3) is 0.500. The predicted molar refractivity (Wildman–Crippen MR) is 77.5 cm³/mol. The summed E-state index contributed by atoms with van der Waals surface area (Å²) in [7, 11) is 1.53. The van der Waals surface area contributed by atoms with Gasteiger partial charge < -0.3 is 19.9 Å². The van der Waals surface area contributed by atoms with E-state index in [0.717, 1.165) is 5.56 Å². The van der Waals surface area contributed by atoms with E-state index in [0.29, 0.717) is 36.2 Å². The molecular formula is C14H20ClNO4. The van der Waals surface area contributed by atoms with Crippen molar-refractivity contribution in [1.29, 1.82) is 0 Å². The number of esters is 1. The summed E-state index contributed by atoms with van der Waals surface area (Å²) in [6.45, 7) is 4.39. The number of halogens is 1. The van der Waals surface area contributed by atoms with E-state index in [2.05, 4.69) is 0 Å². The van der Waals surface area contributed by atoms with Crippen molar-refractivity contribution in [3.8, 4) is 11.5 Å². The Morgan fingerprint density at radius 1 is 1.35 bits per heavy atom. The van der Waals surface area contributed by atoms with Crippen LogP contribution in [0.1, 0.15) is 19.4 Å². The van der Waals surface area contributed by atoms with Gasteiger partial charge in [-0.05, 0) is 38.0 Å². The minimum atomic E-state index is -0.728. The largest absolute Gasteiger partial charge is 0.493 e. The van der Waals surface area contributed by atoms with Crippen molar-refractivity contribution in [1.82, 2.24) is 0 Å². The third kappa shape index (κ3) is 4.28. The molecule has 0 saturated heterocycles. The van der Waals surface area contributed by atoms with Crippen LogP contribution in [0.15, 0.2) is 12.1 Å². The molecule has 1 rings (SSSR count). The minimum absolute atomic E-state index is 0.305. The number of hydrogen-bond acceptors (Lipinski definition) is 5. The van der Waals surface area contributed by atoms with E-state index in [1.54, 1.807) is 19.1 Å². The second-order valence-corrected chi connectivity index (χ2v) is 4.51. The molecule has 5 nitrogen and oxygen atoms in total. The monoisotopic (exact) mass is 301 g/mol. The van der Waals surface area contributed by atoms with Crippen LogP contribution in [-0.4, -0.2) is 32.3 Å². The van der Waals surface area contributed by atoms with Crippen LogP contribution in [0.4, 0.5) is 0 Å². The van der Waals surface area contributed by atoms with E-state index >= 15 is 0 Å². The molecular weight excluding hydrogens is 282 g/mol. The maximum Gasteiger partial charge on any atom is 0.323 e. The number of carbonyl (C=O) groups excluding carboxylic acids is 1. The summed E-state index contributed by atoms with van der Waals surface area (Å²) in [5.74, 6) is 0.576. The average Bonchev–Trinajstić information content (AvgIpc) is 2.41. The maximum absolute atomic E-state index is 11.5. The molecule has 2 N–H and O–H groups in total. The first-order valence-electron chi connectivity index (χ1n) is 6.44. The van der Waals surface area contributed by atoms with Gasteiger partial charge in [-0.1, -0.05) is 11.6 Å². The van der Waals surface area contributed by atoms with Crippen molar-refractivity contribution in [2.75, 3.05) is 20.3 Å². The number of hydrogen-bond donors (Lipinski definition) is 1. The van der Waals surface area contributed by atoms with Gasteiger partial charge >= 0.3 is 5.97 Å². The van der Waals surface area contributed by atoms with Gasteiger partial charge in [0, 0.05) is 0 Å². The molecule has 0 heterocycles. The minimum Gasteiger partial charge on any atom is -0.493 e. The lowest BCUT2D eigenvalue weighted by Gasteiger charge is -2.15. The molecule has 0 fully saturated rings. The second kappa shape index (κ2) is 7.97.